The highest BCUT2D eigenvalue weighted by atomic mass is 19.4. The lowest BCUT2D eigenvalue weighted by atomic mass is 9.95. The van der Waals surface area contributed by atoms with Gasteiger partial charge in [-0.25, -0.2) is 29.9 Å². The molecule has 17 rings (SSSR count). The summed E-state index contributed by atoms with van der Waals surface area (Å²) in [5.74, 6) is 2.75. The van der Waals surface area contributed by atoms with Gasteiger partial charge in [0.05, 0.1) is 38.9 Å². The summed E-state index contributed by atoms with van der Waals surface area (Å²) in [7, 11) is 0. The molecule has 0 aliphatic carbocycles. The SMILES string of the molecule is Cc1cc(-c2ccc3c(c2)c2ccccc2n3-c2cc(-c3cccc(-c4ccc(-n5c6ccccc6c6cc(-c7cc(C)cc(C(F)(F)F)c7)ccc65)c(-c5nc(-c6ccccc6)nc(-c6ccccc6)n5)c4)c3)cc(-c3nc(-c4ccccc4)nc(-c4ccccc4)n3)c2)cc(C(F)(F)F)c1. The highest BCUT2D eigenvalue weighted by molar-refractivity contribution is 6.12. The molecule has 490 valence electrons. The van der Waals surface area contributed by atoms with E-state index in [4.69, 9.17) is 29.9 Å². The van der Waals surface area contributed by atoms with Crippen molar-refractivity contribution in [3.05, 3.63) is 326 Å². The third-order valence-corrected chi connectivity index (χ3v) is 18.7. The van der Waals surface area contributed by atoms with Crippen LogP contribution >= 0.6 is 0 Å². The van der Waals surface area contributed by atoms with E-state index in [1.807, 2.05) is 206 Å². The second-order valence-corrected chi connectivity index (χ2v) is 25.5. The number of aryl methyl sites for hydroxylation is 2. The van der Waals surface area contributed by atoms with Crippen LogP contribution in [0.1, 0.15) is 22.3 Å². The van der Waals surface area contributed by atoms with Gasteiger partial charge < -0.3 is 9.13 Å². The lowest BCUT2D eigenvalue weighted by Crippen LogP contribution is -2.05. The van der Waals surface area contributed by atoms with Crippen molar-refractivity contribution >= 4 is 43.6 Å². The Hall–Kier alpha value is -12.9. The molecule has 4 aromatic heterocycles. The maximum Gasteiger partial charge on any atom is 0.416 e. The van der Waals surface area contributed by atoms with E-state index in [9.17, 15) is 26.3 Å². The minimum atomic E-state index is -4.53. The fourth-order valence-corrected chi connectivity index (χ4v) is 13.9. The third-order valence-electron chi connectivity index (χ3n) is 18.7. The van der Waals surface area contributed by atoms with E-state index in [-0.39, 0.29) is 0 Å². The van der Waals surface area contributed by atoms with Gasteiger partial charge in [0.15, 0.2) is 34.9 Å². The second-order valence-electron chi connectivity index (χ2n) is 25.5. The van der Waals surface area contributed by atoms with Gasteiger partial charge in [0.1, 0.15) is 0 Å². The van der Waals surface area contributed by atoms with Crippen LogP contribution in [0.2, 0.25) is 0 Å². The lowest BCUT2D eigenvalue weighted by Gasteiger charge is -2.17. The van der Waals surface area contributed by atoms with Gasteiger partial charge in [0, 0.05) is 60.6 Å². The fourth-order valence-electron chi connectivity index (χ4n) is 13.9. The molecule has 0 saturated heterocycles. The van der Waals surface area contributed by atoms with Crippen molar-refractivity contribution in [3.63, 3.8) is 0 Å². The molecule has 0 atom stereocenters. The lowest BCUT2D eigenvalue weighted by molar-refractivity contribution is -0.138. The molecule has 0 saturated carbocycles. The van der Waals surface area contributed by atoms with Crippen LogP contribution in [0.15, 0.2) is 303 Å². The van der Waals surface area contributed by atoms with Gasteiger partial charge in [-0.3, -0.25) is 0 Å². The van der Waals surface area contributed by atoms with Crippen LogP contribution in [-0.4, -0.2) is 39.0 Å². The van der Waals surface area contributed by atoms with Crippen LogP contribution in [-0.2, 0) is 12.4 Å². The number of hydrogen-bond donors (Lipinski definition) is 0. The Balaban J connectivity index is 0.876. The highest BCUT2D eigenvalue weighted by Crippen LogP contribution is 2.44. The molecule has 0 fully saturated rings. The Morgan fingerprint density at radius 3 is 1.04 bits per heavy atom. The van der Waals surface area contributed by atoms with Crippen molar-refractivity contribution in [2.24, 2.45) is 0 Å². The quantitative estimate of drug-likeness (QED) is 0.113. The zero-order chi connectivity index (χ0) is 69.4. The number of hydrogen-bond acceptors (Lipinski definition) is 6. The molecular formula is C88H56F6N8. The standard InChI is InChI=1S/C88H56F6N8/c1-53-40-64(46-68(42-53)87(89,90)91)62-35-37-78-73(50-62)71-30-15-17-32-76(71)101(78)70-48-66(45-67(49-70)85-97-81(55-20-7-3-8-21-55)95-82(98-85)56-22-9-4-10-23-56)60-29-19-28-59(44-60)61-34-39-80(75(52-61)86-99-83(57-24-11-5-12-25-57)96-84(100-86)58-26-13-6-14-27-58)102-77-33-18-16-31-72(77)74-51-63(36-38-79(74)102)65-41-54(2)43-69(47-65)88(92,93)94/h3-52H,1-2H3. The Labute approximate surface area is 581 Å². The molecule has 17 aromatic rings. The smallest absolute Gasteiger partial charge is 0.309 e. The molecule has 13 aromatic carbocycles. The minimum Gasteiger partial charge on any atom is -0.309 e. The first kappa shape index (κ1) is 62.6. The Morgan fingerprint density at radius 1 is 0.235 bits per heavy atom. The zero-order valence-corrected chi connectivity index (χ0v) is 54.7. The predicted octanol–water partition coefficient (Wildman–Crippen LogP) is 23.6. The maximum atomic E-state index is 14.3. The molecule has 0 spiro atoms. The normalized spacial score (nSPS) is 11.9. The van der Waals surface area contributed by atoms with Crippen molar-refractivity contribution in [1.29, 1.82) is 0 Å². The first-order valence-electron chi connectivity index (χ1n) is 33.2. The van der Waals surface area contributed by atoms with E-state index in [0.717, 1.165) is 99.5 Å². The topological polar surface area (TPSA) is 87.2 Å². The molecule has 0 aliphatic heterocycles. The van der Waals surface area contributed by atoms with Crippen LogP contribution in [0.3, 0.4) is 0 Å². The Kier molecular flexibility index (Phi) is 15.4. The van der Waals surface area contributed by atoms with E-state index < -0.39 is 23.5 Å². The molecule has 0 unspecified atom stereocenters. The van der Waals surface area contributed by atoms with Crippen molar-refractivity contribution in [1.82, 2.24) is 39.0 Å². The number of aromatic nitrogens is 8. The van der Waals surface area contributed by atoms with Crippen molar-refractivity contribution in [2.45, 2.75) is 26.2 Å². The number of para-hydroxylation sites is 2. The molecule has 4 heterocycles. The van der Waals surface area contributed by atoms with Gasteiger partial charge in [-0.2, -0.15) is 26.3 Å². The van der Waals surface area contributed by atoms with Crippen LogP contribution < -0.4 is 0 Å². The Morgan fingerprint density at radius 2 is 0.569 bits per heavy atom. The summed E-state index contributed by atoms with van der Waals surface area (Å²) >= 11 is 0. The Bertz CT molecular complexity index is 6010. The van der Waals surface area contributed by atoms with E-state index in [1.165, 1.54) is 24.3 Å². The second kappa shape index (κ2) is 25.1. The number of fused-ring (bicyclic) bond motifs is 6. The third kappa shape index (κ3) is 11.8. The molecular weight excluding hydrogens is 1280 g/mol. The largest absolute Gasteiger partial charge is 0.416 e. The van der Waals surface area contributed by atoms with Gasteiger partial charge in [-0.15, -0.1) is 0 Å². The summed E-state index contributed by atoms with van der Waals surface area (Å²) in [6.07, 6.45) is -9.06. The fraction of sp³-hybridized carbons (Fsp3) is 0.0455. The summed E-state index contributed by atoms with van der Waals surface area (Å²) in [6, 6.07) is 96.2. The molecule has 102 heavy (non-hydrogen) atoms. The number of benzene rings is 13. The molecule has 14 heteroatoms. The van der Waals surface area contributed by atoms with Crippen LogP contribution in [0.4, 0.5) is 26.3 Å². The molecule has 8 nitrogen and oxygen atoms in total. The van der Waals surface area contributed by atoms with Crippen molar-refractivity contribution < 1.29 is 26.3 Å². The summed E-state index contributed by atoms with van der Waals surface area (Å²) in [6.45, 7) is 3.36. The van der Waals surface area contributed by atoms with Crippen LogP contribution in [0.5, 0.6) is 0 Å². The summed E-state index contributed by atoms with van der Waals surface area (Å²) in [5.41, 5.74) is 14.6. The van der Waals surface area contributed by atoms with E-state index >= 15 is 0 Å². The number of alkyl halides is 6. The monoisotopic (exact) mass is 1340 g/mol. The number of rotatable bonds is 12. The maximum absolute atomic E-state index is 14.3. The van der Waals surface area contributed by atoms with Crippen LogP contribution in [0.25, 0.3) is 168 Å². The van der Waals surface area contributed by atoms with Gasteiger partial charge in [-0.1, -0.05) is 206 Å². The minimum absolute atomic E-state index is 0.403. The molecule has 0 aliphatic rings. The molecule has 0 N–H and O–H groups in total. The molecule has 0 bridgehead atoms. The average Bonchev–Trinajstić information content (AvgIpc) is 1.58. The van der Waals surface area contributed by atoms with Gasteiger partial charge in [-0.05, 0) is 167 Å². The van der Waals surface area contributed by atoms with E-state index in [1.54, 1.807) is 26.0 Å². The molecule has 0 amide bonds. The van der Waals surface area contributed by atoms with Gasteiger partial charge >= 0.3 is 12.4 Å². The highest BCUT2D eigenvalue weighted by Gasteiger charge is 2.33. The summed E-state index contributed by atoms with van der Waals surface area (Å²) in [4.78, 5) is 31.3. The average molecular weight is 1340 g/mol. The first-order chi connectivity index (χ1) is 49.6. The van der Waals surface area contributed by atoms with Crippen molar-refractivity contribution in [2.75, 3.05) is 0 Å². The molecule has 0 radical (unpaired) electrons. The predicted molar refractivity (Wildman–Crippen MR) is 396 cm³/mol. The van der Waals surface area contributed by atoms with Crippen LogP contribution in [0, 0.1) is 13.8 Å². The first-order valence-corrected chi connectivity index (χ1v) is 33.2. The zero-order valence-electron chi connectivity index (χ0n) is 54.7. The van der Waals surface area contributed by atoms with Gasteiger partial charge in [0.25, 0.3) is 0 Å². The van der Waals surface area contributed by atoms with E-state index in [2.05, 4.69) is 69.8 Å². The summed E-state index contributed by atoms with van der Waals surface area (Å²) < 4.78 is 90.4. The van der Waals surface area contributed by atoms with Crippen molar-refractivity contribution in [3.8, 4) is 124 Å². The van der Waals surface area contributed by atoms with Gasteiger partial charge in [0.2, 0.25) is 0 Å². The number of halogens is 6. The van der Waals surface area contributed by atoms with E-state index in [0.29, 0.717) is 79.5 Å². The number of nitrogens with zero attached hydrogens (tertiary/aromatic N) is 8. The summed E-state index contributed by atoms with van der Waals surface area (Å²) in [5, 5.41) is 3.50.